The fourth-order valence-corrected chi connectivity index (χ4v) is 11.2. The number of fused-ring (bicyclic) bond motifs is 1. The van der Waals surface area contributed by atoms with Gasteiger partial charge in [-0.15, -0.1) is 5.54 Å². The Labute approximate surface area is 209 Å². The molecule has 1 N–H and O–H groups in total. The first-order valence-electron chi connectivity index (χ1n) is 12.9. The van der Waals surface area contributed by atoms with Crippen molar-refractivity contribution in [2.75, 3.05) is 6.61 Å². The summed E-state index contributed by atoms with van der Waals surface area (Å²) in [5.41, 5.74) is 9.02. The molecule has 0 bridgehead atoms. The number of pyridine rings is 1. The van der Waals surface area contributed by atoms with Crippen LogP contribution < -0.4 is 5.56 Å². The van der Waals surface area contributed by atoms with E-state index in [1.54, 1.807) is 7.05 Å². The van der Waals surface area contributed by atoms with Crippen LogP contribution in [0.15, 0.2) is 17.1 Å². The molecular weight excluding hydrogens is 454 g/mol. The van der Waals surface area contributed by atoms with Gasteiger partial charge in [0.1, 0.15) is 13.8 Å². The molecule has 0 saturated carbocycles. The predicted molar refractivity (Wildman–Crippen MR) is 144 cm³/mol. The number of rotatable bonds is 5. The van der Waals surface area contributed by atoms with Crippen LogP contribution in [0.1, 0.15) is 78.4 Å². The van der Waals surface area contributed by atoms with E-state index in [0.29, 0.717) is 27.9 Å². The first-order chi connectivity index (χ1) is 16.6. The third-order valence-corrected chi connectivity index (χ3v) is 14.1. The highest BCUT2D eigenvalue weighted by Gasteiger charge is 2.41. The van der Waals surface area contributed by atoms with E-state index in [9.17, 15) is 4.79 Å². The standard InChI is InChI=1S/C27H39N5O2Si/c1-17(2)35(18(3)4,19(5)6)14-12-22-21-15-23(26-20(7)29-31(8)27(26)33)28-16-24(21)32(30-22)25-11-9-10-13-34-25/h15-19,25,29H,9-11,13H2,1-8H3. The zero-order valence-corrected chi connectivity index (χ0v) is 23.4. The monoisotopic (exact) mass is 493 g/mol. The molecule has 0 aromatic carbocycles. The lowest BCUT2D eigenvalue weighted by atomic mass is 10.1. The van der Waals surface area contributed by atoms with Crippen LogP contribution in [0, 0.1) is 18.4 Å². The van der Waals surface area contributed by atoms with E-state index in [1.165, 1.54) is 4.68 Å². The summed E-state index contributed by atoms with van der Waals surface area (Å²) in [4.78, 5) is 17.5. The first kappa shape index (κ1) is 25.5. The van der Waals surface area contributed by atoms with Crippen LogP contribution >= 0.6 is 0 Å². The Hall–Kier alpha value is -2.63. The Morgan fingerprint density at radius 2 is 1.83 bits per heavy atom. The first-order valence-corrected chi connectivity index (χ1v) is 15.1. The number of H-pyrrole nitrogens is 1. The number of hydrogen-bond acceptors (Lipinski definition) is 4. The molecule has 1 atom stereocenters. The number of ether oxygens (including phenoxy) is 1. The zero-order chi connectivity index (χ0) is 25.5. The Kier molecular flexibility index (Phi) is 7.12. The fraction of sp³-hybridized carbons (Fsp3) is 0.593. The van der Waals surface area contributed by atoms with Crippen molar-refractivity contribution in [1.29, 1.82) is 0 Å². The van der Waals surface area contributed by atoms with Crippen molar-refractivity contribution in [3.8, 4) is 22.7 Å². The van der Waals surface area contributed by atoms with Crippen LogP contribution in [0.3, 0.4) is 0 Å². The Balaban J connectivity index is 1.94. The average Bonchev–Trinajstić information content (AvgIpc) is 3.29. The lowest BCUT2D eigenvalue weighted by Crippen LogP contribution is -2.43. The molecule has 0 spiro atoms. The van der Waals surface area contributed by atoms with Crippen molar-refractivity contribution in [3.63, 3.8) is 0 Å². The van der Waals surface area contributed by atoms with Crippen molar-refractivity contribution < 1.29 is 4.74 Å². The molecule has 7 nitrogen and oxygen atoms in total. The molecular formula is C27H39N5O2Si. The molecule has 0 radical (unpaired) electrons. The van der Waals surface area contributed by atoms with Gasteiger partial charge in [0, 0.05) is 24.7 Å². The van der Waals surface area contributed by atoms with Crippen LogP contribution in [-0.4, -0.2) is 39.2 Å². The molecule has 1 aliphatic rings. The highest BCUT2D eigenvalue weighted by Crippen LogP contribution is 2.41. The van der Waals surface area contributed by atoms with Gasteiger partial charge in [-0.25, -0.2) is 4.68 Å². The SMILES string of the molecule is Cc1[nH]n(C)c(=O)c1-c1cc2c(C#C[Si](C(C)C)(C(C)C)C(C)C)nn(C3CCCCO3)c2cn1. The predicted octanol–water partition coefficient (Wildman–Crippen LogP) is 5.70. The lowest BCUT2D eigenvalue weighted by molar-refractivity contribution is -0.0367. The minimum Gasteiger partial charge on any atom is -0.356 e. The van der Waals surface area contributed by atoms with Gasteiger partial charge in [-0.3, -0.25) is 19.6 Å². The van der Waals surface area contributed by atoms with E-state index in [1.807, 2.05) is 23.9 Å². The maximum absolute atomic E-state index is 12.8. The second-order valence-corrected chi connectivity index (χ2v) is 16.4. The van der Waals surface area contributed by atoms with Crippen molar-refractivity contribution in [1.82, 2.24) is 24.5 Å². The smallest absolute Gasteiger partial charge is 0.275 e. The molecule has 1 aliphatic heterocycles. The van der Waals surface area contributed by atoms with Gasteiger partial charge >= 0.3 is 0 Å². The molecule has 1 unspecified atom stereocenters. The van der Waals surface area contributed by atoms with E-state index in [-0.39, 0.29) is 11.8 Å². The normalized spacial score (nSPS) is 16.9. The number of aromatic nitrogens is 5. The molecule has 1 saturated heterocycles. The van der Waals surface area contributed by atoms with E-state index in [4.69, 9.17) is 9.84 Å². The minimum absolute atomic E-state index is 0.0872. The number of nitrogens with one attached hydrogen (secondary N) is 1. The Bertz CT molecular complexity index is 1310. The average molecular weight is 494 g/mol. The van der Waals surface area contributed by atoms with Gasteiger partial charge in [-0.05, 0) is 48.9 Å². The lowest BCUT2D eigenvalue weighted by Gasteiger charge is -2.38. The zero-order valence-electron chi connectivity index (χ0n) is 22.4. The summed E-state index contributed by atoms with van der Waals surface area (Å²) >= 11 is 0. The van der Waals surface area contributed by atoms with Crippen molar-refractivity contribution in [3.05, 3.63) is 34.0 Å². The van der Waals surface area contributed by atoms with Crippen LogP contribution in [0.4, 0.5) is 0 Å². The summed E-state index contributed by atoms with van der Waals surface area (Å²) < 4.78 is 9.53. The van der Waals surface area contributed by atoms with Gasteiger partial charge in [0.25, 0.3) is 5.56 Å². The Morgan fingerprint density at radius 3 is 2.37 bits per heavy atom. The summed E-state index contributed by atoms with van der Waals surface area (Å²) in [5, 5.41) is 8.99. The quantitative estimate of drug-likeness (QED) is 0.365. The van der Waals surface area contributed by atoms with Gasteiger partial charge in [0.05, 0.1) is 23.0 Å². The van der Waals surface area contributed by atoms with Crippen molar-refractivity contribution in [2.24, 2.45) is 7.05 Å². The van der Waals surface area contributed by atoms with E-state index in [2.05, 4.69) is 63.1 Å². The van der Waals surface area contributed by atoms with Gasteiger partial charge in [0.2, 0.25) is 0 Å². The topological polar surface area (TPSA) is 77.7 Å². The van der Waals surface area contributed by atoms with Gasteiger partial charge in [-0.1, -0.05) is 47.5 Å². The summed E-state index contributed by atoms with van der Waals surface area (Å²) in [6.45, 7) is 16.6. The molecule has 4 rings (SSSR count). The third kappa shape index (κ3) is 4.40. The maximum atomic E-state index is 12.8. The molecule has 0 aliphatic carbocycles. The second-order valence-electron chi connectivity index (χ2n) is 10.8. The largest absolute Gasteiger partial charge is 0.356 e. The number of nitrogens with zero attached hydrogens (tertiary/aromatic N) is 4. The van der Waals surface area contributed by atoms with Gasteiger partial charge < -0.3 is 4.74 Å². The Morgan fingerprint density at radius 1 is 1.14 bits per heavy atom. The van der Waals surface area contributed by atoms with Gasteiger partial charge in [-0.2, -0.15) is 5.10 Å². The number of aryl methyl sites for hydroxylation is 2. The second kappa shape index (κ2) is 9.79. The van der Waals surface area contributed by atoms with Crippen LogP contribution in [0.25, 0.3) is 22.2 Å². The molecule has 4 heterocycles. The highest BCUT2D eigenvalue weighted by atomic mass is 28.3. The molecule has 1 fully saturated rings. The van der Waals surface area contributed by atoms with Crippen molar-refractivity contribution >= 4 is 19.0 Å². The van der Waals surface area contributed by atoms with Crippen LogP contribution in [-0.2, 0) is 11.8 Å². The molecule has 188 valence electrons. The van der Waals surface area contributed by atoms with Crippen molar-refractivity contribution in [2.45, 2.75) is 90.6 Å². The van der Waals surface area contributed by atoms with E-state index in [0.717, 1.165) is 48.2 Å². The number of aromatic amines is 1. The minimum atomic E-state index is -1.94. The third-order valence-electron chi connectivity index (χ3n) is 7.77. The summed E-state index contributed by atoms with van der Waals surface area (Å²) in [6.07, 6.45) is 4.82. The summed E-state index contributed by atoms with van der Waals surface area (Å²) in [5.74, 6) is 3.55. The van der Waals surface area contributed by atoms with Gasteiger partial charge in [0.15, 0.2) is 6.23 Å². The fourth-order valence-electron chi connectivity index (χ4n) is 5.99. The van der Waals surface area contributed by atoms with E-state index < -0.39 is 8.07 Å². The summed E-state index contributed by atoms with van der Waals surface area (Å²) in [7, 11) is -0.213. The highest BCUT2D eigenvalue weighted by molar-refractivity contribution is 6.90. The van der Waals surface area contributed by atoms with E-state index >= 15 is 0 Å². The molecule has 0 amide bonds. The molecule has 3 aromatic heterocycles. The summed E-state index contributed by atoms with van der Waals surface area (Å²) in [6, 6.07) is 1.98. The van der Waals surface area contributed by atoms with Crippen LogP contribution in [0.2, 0.25) is 16.6 Å². The molecule has 35 heavy (non-hydrogen) atoms. The van der Waals surface area contributed by atoms with Crippen LogP contribution in [0.5, 0.6) is 0 Å². The molecule has 8 heteroatoms. The maximum Gasteiger partial charge on any atom is 0.275 e. The molecule has 3 aromatic rings. The number of hydrogen-bond donors (Lipinski definition) is 1.